The SMILES string of the molecule is CN(C)c1cncc(OC2CCN(S(=O)(=O)c3cc(F)ccc3F)C2)n1. The molecule has 1 aliphatic rings. The molecule has 26 heavy (non-hydrogen) atoms. The molecule has 7 nitrogen and oxygen atoms in total. The summed E-state index contributed by atoms with van der Waals surface area (Å²) in [6.45, 7) is 0.163. The van der Waals surface area contributed by atoms with Crippen LogP contribution in [0.25, 0.3) is 0 Å². The van der Waals surface area contributed by atoms with E-state index < -0.39 is 32.7 Å². The fourth-order valence-corrected chi connectivity index (χ4v) is 4.17. The molecule has 0 spiro atoms. The minimum atomic E-state index is -4.14. The van der Waals surface area contributed by atoms with E-state index >= 15 is 0 Å². The second-order valence-electron chi connectivity index (χ2n) is 6.08. The van der Waals surface area contributed by atoms with Crippen LogP contribution in [0.5, 0.6) is 5.88 Å². The summed E-state index contributed by atoms with van der Waals surface area (Å²) in [5, 5.41) is 0. The molecule has 1 aromatic heterocycles. The summed E-state index contributed by atoms with van der Waals surface area (Å²) in [5.41, 5.74) is 0. The van der Waals surface area contributed by atoms with E-state index in [1.807, 2.05) is 14.1 Å². The molecule has 10 heteroatoms. The number of aromatic nitrogens is 2. The van der Waals surface area contributed by atoms with Gasteiger partial charge in [-0.05, 0) is 24.6 Å². The first-order valence-electron chi connectivity index (χ1n) is 7.88. The lowest BCUT2D eigenvalue weighted by molar-refractivity contribution is 0.206. The summed E-state index contributed by atoms with van der Waals surface area (Å²) in [6.07, 6.45) is 2.97. The molecule has 1 aromatic carbocycles. The number of hydrogen-bond donors (Lipinski definition) is 0. The predicted octanol–water partition coefficient (Wildman–Crippen LogP) is 1.66. The first-order chi connectivity index (χ1) is 12.3. The highest BCUT2D eigenvalue weighted by molar-refractivity contribution is 7.89. The van der Waals surface area contributed by atoms with Gasteiger partial charge in [0.15, 0.2) is 5.82 Å². The van der Waals surface area contributed by atoms with Crippen LogP contribution in [0.1, 0.15) is 6.42 Å². The third-order valence-electron chi connectivity index (χ3n) is 3.96. The fourth-order valence-electron chi connectivity index (χ4n) is 2.61. The van der Waals surface area contributed by atoms with Crippen LogP contribution in [0.4, 0.5) is 14.6 Å². The van der Waals surface area contributed by atoms with Gasteiger partial charge in [0.2, 0.25) is 15.9 Å². The van der Waals surface area contributed by atoms with Gasteiger partial charge in [-0.1, -0.05) is 0 Å². The van der Waals surface area contributed by atoms with Crippen molar-refractivity contribution in [2.45, 2.75) is 17.4 Å². The Bertz CT molecular complexity index is 908. The Morgan fingerprint density at radius 2 is 2.04 bits per heavy atom. The summed E-state index contributed by atoms with van der Waals surface area (Å²) < 4.78 is 59.1. The largest absolute Gasteiger partial charge is 0.472 e. The number of hydrogen-bond acceptors (Lipinski definition) is 6. The summed E-state index contributed by atoms with van der Waals surface area (Å²) in [6, 6.07) is 2.36. The van der Waals surface area contributed by atoms with Gasteiger partial charge < -0.3 is 9.64 Å². The number of sulfonamides is 1. The van der Waals surface area contributed by atoms with Crippen LogP contribution in [0.2, 0.25) is 0 Å². The van der Waals surface area contributed by atoms with Gasteiger partial charge in [0.25, 0.3) is 0 Å². The number of ether oxygens (including phenoxy) is 1. The van der Waals surface area contributed by atoms with Gasteiger partial charge >= 0.3 is 0 Å². The molecule has 0 bridgehead atoms. The molecule has 1 aliphatic heterocycles. The Kier molecular flexibility index (Phi) is 5.05. The van der Waals surface area contributed by atoms with Gasteiger partial charge in [0, 0.05) is 20.6 Å². The molecule has 0 amide bonds. The Balaban J connectivity index is 1.74. The molecule has 1 atom stereocenters. The van der Waals surface area contributed by atoms with E-state index in [0.717, 1.165) is 16.4 Å². The van der Waals surface area contributed by atoms with Gasteiger partial charge in [-0.2, -0.15) is 9.29 Å². The van der Waals surface area contributed by atoms with Gasteiger partial charge in [0.1, 0.15) is 22.6 Å². The Morgan fingerprint density at radius 3 is 2.77 bits per heavy atom. The Hall–Kier alpha value is -2.33. The van der Waals surface area contributed by atoms with Crippen molar-refractivity contribution in [3.63, 3.8) is 0 Å². The molecule has 0 aliphatic carbocycles. The maximum absolute atomic E-state index is 13.9. The summed E-state index contributed by atoms with van der Waals surface area (Å²) >= 11 is 0. The molecule has 140 valence electrons. The van der Waals surface area contributed by atoms with Crippen molar-refractivity contribution in [2.24, 2.45) is 0 Å². The second-order valence-corrected chi connectivity index (χ2v) is 7.98. The normalized spacial score (nSPS) is 18.1. The van der Waals surface area contributed by atoms with E-state index in [4.69, 9.17) is 4.74 Å². The molecular formula is C16H18F2N4O3S. The second kappa shape index (κ2) is 7.12. The lowest BCUT2D eigenvalue weighted by atomic mass is 10.3. The van der Waals surface area contributed by atoms with E-state index in [1.165, 1.54) is 6.20 Å². The highest BCUT2D eigenvalue weighted by atomic mass is 32.2. The van der Waals surface area contributed by atoms with Crippen molar-refractivity contribution < 1.29 is 21.9 Å². The maximum Gasteiger partial charge on any atom is 0.246 e. The number of nitrogens with zero attached hydrogens (tertiary/aromatic N) is 4. The molecule has 1 unspecified atom stereocenters. The topological polar surface area (TPSA) is 75.6 Å². The van der Waals surface area contributed by atoms with Crippen LogP contribution in [0, 0.1) is 11.6 Å². The lowest BCUT2D eigenvalue weighted by Crippen LogP contribution is -2.31. The van der Waals surface area contributed by atoms with Crippen molar-refractivity contribution in [3.05, 3.63) is 42.2 Å². The van der Waals surface area contributed by atoms with E-state index in [2.05, 4.69) is 9.97 Å². The molecule has 0 radical (unpaired) electrons. The molecule has 0 N–H and O–H groups in total. The Morgan fingerprint density at radius 1 is 1.27 bits per heavy atom. The van der Waals surface area contributed by atoms with Gasteiger partial charge in [0.05, 0.1) is 18.9 Å². The van der Waals surface area contributed by atoms with E-state index in [-0.39, 0.29) is 19.0 Å². The standard InChI is InChI=1S/C16H18F2N4O3S/c1-21(2)15-8-19-9-16(20-15)25-12-5-6-22(10-12)26(23,24)14-7-11(17)3-4-13(14)18/h3-4,7-9,12H,5-6,10H2,1-2H3. The van der Waals surface area contributed by atoms with Crippen LogP contribution < -0.4 is 9.64 Å². The number of benzene rings is 1. The quantitative estimate of drug-likeness (QED) is 0.781. The highest BCUT2D eigenvalue weighted by Gasteiger charge is 2.35. The molecule has 3 rings (SSSR count). The summed E-state index contributed by atoms with van der Waals surface area (Å²) in [7, 11) is -0.523. The predicted molar refractivity (Wildman–Crippen MR) is 90.5 cm³/mol. The molecule has 2 aromatic rings. The fraction of sp³-hybridized carbons (Fsp3) is 0.375. The monoisotopic (exact) mass is 384 g/mol. The van der Waals surface area contributed by atoms with Gasteiger partial charge in [-0.25, -0.2) is 17.2 Å². The number of rotatable bonds is 5. The van der Waals surface area contributed by atoms with Gasteiger partial charge in [-0.15, -0.1) is 0 Å². The highest BCUT2D eigenvalue weighted by Crippen LogP contribution is 2.26. The molecular weight excluding hydrogens is 366 g/mol. The van der Waals surface area contributed by atoms with Crippen LogP contribution in [0.15, 0.2) is 35.5 Å². The zero-order chi connectivity index (χ0) is 18.9. The van der Waals surface area contributed by atoms with E-state index in [1.54, 1.807) is 11.1 Å². The lowest BCUT2D eigenvalue weighted by Gasteiger charge is -2.18. The first-order valence-corrected chi connectivity index (χ1v) is 9.32. The molecule has 1 fully saturated rings. The Labute approximate surface area is 150 Å². The zero-order valence-electron chi connectivity index (χ0n) is 14.3. The number of halogens is 2. The average Bonchev–Trinajstić information content (AvgIpc) is 3.06. The maximum atomic E-state index is 13.9. The average molecular weight is 384 g/mol. The molecule has 2 heterocycles. The molecule has 1 saturated heterocycles. The first kappa shape index (κ1) is 18.5. The van der Waals surface area contributed by atoms with E-state index in [9.17, 15) is 17.2 Å². The van der Waals surface area contributed by atoms with Crippen LogP contribution in [-0.2, 0) is 10.0 Å². The van der Waals surface area contributed by atoms with Crippen molar-refractivity contribution in [2.75, 3.05) is 32.1 Å². The van der Waals surface area contributed by atoms with Crippen LogP contribution in [-0.4, -0.2) is 56.0 Å². The van der Waals surface area contributed by atoms with E-state index in [0.29, 0.717) is 18.3 Å². The number of anilines is 1. The van der Waals surface area contributed by atoms with Crippen molar-refractivity contribution >= 4 is 15.8 Å². The van der Waals surface area contributed by atoms with Crippen LogP contribution >= 0.6 is 0 Å². The third-order valence-corrected chi connectivity index (χ3v) is 5.84. The van der Waals surface area contributed by atoms with Crippen molar-refractivity contribution in [3.8, 4) is 5.88 Å². The third kappa shape index (κ3) is 3.75. The zero-order valence-corrected chi connectivity index (χ0v) is 15.1. The summed E-state index contributed by atoms with van der Waals surface area (Å²) in [4.78, 5) is 9.39. The van der Waals surface area contributed by atoms with Crippen molar-refractivity contribution in [1.29, 1.82) is 0 Å². The van der Waals surface area contributed by atoms with Crippen LogP contribution in [0.3, 0.4) is 0 Å². The van der Waals surface area contributed by atoms with Gasteiger partial charge in [-0.3, -0.25) is 4.98 Å². The minimum absolute atomic E-state index is 0.0200. The summed E-state index contributed by atoms with van der Waals surface area (Å²) in [5.74, 6) is -0.919. The molecule has 0 saturated carbocycles. The van der Waals surface area contributed by atoms with Crippen molar-refractivity contribution in [1.82, 2.24) is 14.3 Å². The minimum Gasteiger partial charge on any atom is -0.472 e. The smallest absolute Gasteiger partial charge is 0.246 e.